The van der Waals surface area contributed by atoms with Crippen molar-refractivity contribution in [2.24, 2.45) is 0 Å². The molecule has 112 valence electrons. The molecule has 1 saturated heterocycles. The second kappa shape index (κ2) is 7.68. The lowest BCUT2D eigenvalue weighted by Gasteiger charge is -2.22. The molecule has 1 aliphatic heterocycles. The molecular formula is C18H30N2. The fraction of sp³-hybridized carbons (Fsp3) is 0.667. The number of hydrogen-bond acceptors (Lipinski definition) is 2. The van der Waals surface area contributed by atoms with Crippen LogP contribution in [0.15, 0.2) is 18.2 Å². The Labute approximate surface area is 124 Å². The van der Waals surface area contributed by atoms with E-state index < -0.39 is 0 Å². The summed E-state index contributed by atoms with van der Waals surface area (Å²) in [4.78, 5) is 2.62. The summed E-state index contributed by atoms with van der Waals surface area (Å²) in [5.74, 6) is 0.579. The van der Waals surface area contributed by atoms with Gasteiger partial charge in [-0.05, 0) is 49.9 Å². The first-order valence-electron chi connectivity index (χ1n) is 8.24. The van der Waals surface area contributed by atoms with Crippen molar-refractivity contribution in [1.29, 1.82) is 0 Å². The maximum atomic E-state index is 3.69. The summed E-state index contributed by atoms with van der Waals surface area (Å²) in [6.45, 7) is 11.6. The average Bonchev–Trinajstić information content (AvgIpc) is 2.69. The summed E-state index contributed by atoms with van der Waals surface area (Å²) < 4.78 is 0. The predicted molar refractivity (Wildman–Crippen MR) is 88.7 cm³/mol. The van der Waals surface area contributed by atoms with Gasteiger partial charge in [-0.3, -0.25) is 0 Å². The molecule has 1 aromatic carbocycles. The van der Waals surface area contributed by atoms with E-state index in [1.165, 1.54) is 62.1 Å². The van der Waals surface area contributed by atoms with Crippen LogP contribution in [-0.2, 0) is 0 Å². The number of aryl methyl sites for hydroxylation is 1. The Morgan fingerprint density at radius 3 is 2.45 bits per heavy atom. The number of benzene rings is 1. The van der Waals surface area contributed by atoms with E-state index >= 15 is 0 Å². The van der Waals surface area contributed by atoms with Crippen LogP contribution in [0.4, 0.5) is 5.69 Å². The van der Waals surface area contributed by atoms with Crippen molar-refractivity contribution < 1.29 is 0 Å². The highest BCUT2D eigenvalue weighted by molar-refractivity contribution is 5.58. The van der Waals surface area contributed by atoms with E-state index in [0.29, 0.717) is 5.92 Å². The van der Waals surface area contributed by atoms with Crippen LogP contribution in [-0.4, -0.2) is 31.1 Å². The molecule has 0 spiro atoms. The van der Waals surface area contributed by atoms with Gasteiger partial charge in [0.15, 0.2) is 0 Å². The zero-order valence-electron chi connectivity index (χ0n) is 13.4. The van der Waals surface area contributed by atoms with Crippen molar-refractivity contribution in [2.75, 3.05) is 31.5 Å². The fourth-order valence-electron chi connectivity index (χ4n) is 3.11. The van der Waals surface area contributed by atoms with Gasteiger partial charge >= 0.3 is 0 Å². The second-order valence-corrected chi connectivity index (χ2v) is 6.38. The molecule has 1 aromatic rings. The molecule has 0 amide bonds. The molecule has 20 heavy (non-hydrogen) atoms. The van der Waals surface area contributed by atoms with Crippen LogP contribution < -0.4 is 5.32 Å². The van der Waals surface area contributed by atoms with E-state index in [0.717, 1.165) is 6.54 Å². The molecule has 0 unspecified atom stereocenters. The van der Waals surface area contributed by atoms with Crippen LogP contribution in [0.3, 0.4) is 0 Å². The zero-order chi connectivity index (χ0) is 14.4. The molecule has 0 atom stereocenters. The minimum absolute atomic E-state index is 0.579. The maximum absolute atomic E-state index is 3.69. The summed E-state index contributed by atoms with van der Waals surface area (Å²) in [7, 11) is 0. The zero-order valence-corrected chi connectivity index (χ0v) is 13.4. The number of nitrogens with zero attached hydrogens (tertiary/aromatic N) is 1. The summed E-state index contributed by atoms with van der Waals surface area (Å²) in [6.07, 6.45) is 5.58. The van der Waals surface area contributed by atoms with Gasteiger partial charge in [-0.1, -0.05) is 44.9 Å². The highest BCUT2D eigenvalue weighted by Crippen LogP contribution is 2.27. The summed E-state index contributed by atoms with van der Waals surface area (Å²) in [6, 6.07) is 6.64. The lowest BCUT2D eigenvalue weighted by atomic mass is 9.98. The van der Waals surface area contributed by atoms with E-state index in [1.54, 1.807) is 0 Å². The number of hydrogen-bond donors (Lipinski definition) is 1. The quantitative estimate of drug-likeness (QED) is 0.855. The lowest BCUT2D eigenvalue weighted by Crippen LogP contribution is -2.30. The summed E-state index contributed by atoms with van der Waals surface area (Å²) in [5, 5.41) is 3.69. The molecule has 2 rings (SSSR count). The molecule has 1 fully saturated rings. The van der Waals surface area contributed by atoms with Gasteiger partial charge in [-0.2, -0.15) is 0 Å². The van der Waals surface area contributed by atoms with Crippen LogP contribution in [0.1, 0.15) is 56.6 Å². The molecule has 0 bridgehead atoms. The monoisotopic (exact) mass is 274 g/mol. The third kappa shape index (κ3) is 4.24. The first kappa shape index (κ1) is 15.4. The smallest absolute Gasteiger partial charge is 0.0405 e. The van der Waals surface area contributed by atoms with Gasteiger partial charge in [0.1, 0.15) is 0 Å². The number of nitrogens with one attached hydrogen (secondary N) is 1. The van der Waals surface area contributed by atoms with Gasteiger partial charge in [0, 0.05) is 18.8 Å². The maximum Gasteiger partial charge on any atom is 0.0405 e. The lowest BCUT2D eigenvalue weighted by molar-refractivity contribution is 0.296. The largest absolute Gasteiger partial charge is 0.383 e. The Balaban J connectivity index is 1.90. The van der Waals surface area contributed by atoms with Gasteiger partial charge in [-0.25, -0.2) is 0 Å². The molecule has 2 nitrogen and oxygen atoms in total. The molecular weight excluding hydrogens is 244 g/mol. The van der Waals surface area contributed by atoms with Crippen LogP contribution in [0.5, 0.6) is 0 Å². The van der Waals surface area contributed by atoms with Gasteiger partial charge in [0.05, 0.1) is 0 Å². The fourth-order valence-corrected chi connectivity index (χ4v) is 3.11. The van der Waals surface area contributed by atoms with Crippen LogP contribution >= 0.6 is 0 Å². The molecule has 0 saturated carbocycles. The highest BCUT2D eigenvalue weighted by Gasteiger charge is 2.11. The van der Waals surface area contributed by atoms with Gasteiger partial charge < -0.3 is 10.2 Å². The van der Waals surface area contributed by atoms with Crippen LogP contribution in [0.2, 0.25) is 0 Å². The molecule has 0 radical (unpaired) electrons. The third-order valence-corrected chi connectivity index (χ3v) is 4.36. The van der Waals surface area contributed by atoms with Crippen molar-refractivity contribution in [3.63, 3.8) is 0 Å². The normalized spacial score (nSPS) is 17.2. The van der Waals surface area contributed by atoms with E-state index in [9.17, 15) is 0 Å². The minimum atomic E-state index is 0.579. The Hall–Kier alpha value is -1.02. The molecule has 2 heteroatoms. The Morgan fingerprint density at radius 2 is 1.80 bits per heavy atom. The highest BCUT2D eigenvalue weighted by atomic mass is 15.1. The van der Waals surface area contributed by atoms with Crippen molar-refractivity contribution in [1.82, 2.24) is 4.90 Å². The van der Waals surface area contributed by atoms with Crippen LogP contribution in [0, 0.1) is 6.92 Å². The van der Waals surface area contributed by atoms with E-state index in [1.807, 2.05) is 0 Å². The van der Waals surface area contributed by atoms with Crippen LogP contribution in [0.25, 0.3) is 0 Å². The van der Waals surface area contributed by atoms with E-state index in [2.05, 4.69) is 49.2 Å². The second-order valence-electron chi connectivity index (χ2n) is 6.38. The third-order valence-electron chi connectivity index (χ3n) is 4.36. The standard InChI is InChI=1S/C18H30N2/c1-15(2)17-10-8-9-16(3)18(17)19-11-14-20-12-6-4-5-7-13-20/h8-10,15,19H,4-7,11-14H2,1-3H3. The Kier molecular flexibility index (Phi) is 5.90. The van der Waals surface area contributed by atoms with E-state index in [4.69, 9.17) is 0 Å². The predicted octanol–water partition coefficient (Wildman–Crippen LogP) is 4.41. The summed E-state index contributed by atoms with van der Waals surface area (Å²) >= 11 is 0. The van der Waals surface area contributed by atoms with Crippen molar-refractivity contribution in [3.05, 3.63) is 29.3 Å². The molecule has 1 N–H and O–H groups in total. The Bertz CT molecular complexity index is 404. The van der Waals surface area contributed by atoms with Gasteiger partial charge in [0.25, 0.3) is 0 Å². The van der Waals surface area contributed by atoms with Crippen molar-refractivity contribution in [2.45, 2.75) is 52.4 Å². The average molecular weight is 274 g/mol. The van der Waals surface area contributed by atoms with Crippen molar-refractivity contribution in [3.8, 4) is 0 Å². The van der Waals surface area contributed by atoms with E-state index in [-0.39, 0.29) is 0 Å². The first-order chi connectivity index (χ1) is 9.68. The SMILES string of the molecule is Cc1cccc(C(C)C)c1NCCN1CCCCCC1. The molecule has 0 aliphatic carbocycles. The molecule has 1 aliphatic rings. The number of rotatable bonds is 5. The van der Waals surface area contributed by atoms with Crippen molar-refractivity contribution >= 4 is 5.69 Å². The van der Waals surface area contributed by atoms with Gasteiger partial charge in [-0.15, -0.1) is 0 Å². The minimum Gasteiger partial charge on any atom is -0.383 e. The summed E-state index contributed by atoms with van der Waals surface area (Å²) in [5.41, 5.74) is 4.17. The number of para-hydroxylation sites is 1. The molecule has 0 aromatic heterocycles. The first-order valence-corrected chi connectivity index (χ1v) is 8.24. The van der Waals surface area contributed by atoms with Gasteiger partial charge in [0.2, 0.25) is 0 Å². The topological polar surface area (TPSA) is 15.3 Å². The Morgan fingerprint density at radius 1 is 1.10 bits per heavy atom. The number of anilines is 1. The molecule has 1 heterocycles. The number of likely N-dealkylation sites (tertiary alicyclic amines) is 1.